The number of aliphatic hydroxyl groups excluding tert-OH is 1. The molecule has 3 aromatic rings. The van der Waals surface area contributed by atoms with Crippen molar-refractivity contribution in [1.82, 2.24) is 14.7 Å². The van der Waals surface area contributed by atoms with E-state index in [0.717, 1.165) is 29.7 Å². The second kappa shape index (κ2) is 8.88. The molecule has 0 saturated carbocycles. The van der Waals surface area contributed by atoms with Crippen molar-refractivity contribution in [3.05, 3.63) is 90.3 Å². The molecule has 0 radical (unpaired) electrons. The molecule has 0 aliphatic carbocycles. The number of benzene rings is 2. The third-order valence-electron chi connectivity index (χ3n) is 5.48. The summed E-state index contributed by atoms with van der Waals surface area (Å²) in [6, 6.07) is 19.6. The van der Waals surface area contributed by atoms with Crippen LogP contribution >= 0.6 is 0 Å². The molecule has 0 bridgehead atoms. The van der Waals surface area contributed by atoms with Gasteiger partial charge in [0.25, 0.3) is 0 Å². The Hall–Kier alpha value is -3.18. The molecule has 1 saturated heterocycles. The van der Waals surface area contributed by atoms with Gasteiger partial charge in [-0.2, -0.15) is 5.10 Å². The average molecular weight is 387 g/mol. The highest BCUT2D eigenvalue weighted by Crippen LogP contribution is 2.30. The van der Waals surface area contributed by atoms with Crippen LogP contribution in [-0.2, 0) is 4.79 Å². The molecule has 2 heterocycles. The van der Waals surface area contributed by atoms with E-state index >= 15 is 0 Å². The molecule has 1 aliphatic heterocycles. The Morgan fingerprint density at radius 2 is 1.69 bits per heavy atom. The van der Waals surface area contributed by atoms with E-state index in [4.69, 9.17) is 0 Å². The first-order chi connectivity index (χ1) is 14.2. The minimum Gasteiger partial charge on any atom is -0.388 e. The third-order valence-corrected chi connectivity index (χ3v) is 5.48. The van der Waals surface area contributed by atoms with Crippen LogP contribution in [0.1, 0.15) is 30.1 Å². The summed E-state index contributed by atoms with van der Waals surface area (Å²) in [6.07, 6.45) is 8.22. The monoisotopic (exact) mass is 387 g/mol. The lowest BCUT2D eigenvalue weighted by atomic mass is 9.87. The van der Waals surface area contributed by atoms with Crippen molar-refractivity contribution in [3.63, 3.8) is 0 Å². The summed E-state index contributed by atoms with van der Waals surface area (Å²) >= 11 is 0. The average Bonchev–Trinajstić information content (AvgIpc) is 3.27. The van der Waals surface area contributed by atoms with Gasteiger partial charge in [-0.3, -0.25) is 4.79 Å². The molecule has 1 aliphatic rings. The number of aromatic nitrogens is 2. The molecule has 4 rings (SSSR count). The minimum absolute atomic E-state index is 0.00473. The summed E-state index contributed by atoms with van der Waals surface area (Å²) in [7, 11) is 0. The number of nitrogens with zero attached hydrogens (tertiary/aromatic N) is 3. The topological polar surface area (TPSA) is 58.4 Å². The molecule has 29 heavy (non-hydrogen) atoms. The van der Waals surface area contributed by atoms with Crippen LogP contribution in [0.25, 0.3) is 11.8 Å². The van der Waals surface area contributed by atoms with Crippen LogP contribution in [0.5, 0.6) is 0 Å². The van der Waals surface area contributed by atoms with Crippen molar-refractivity contribution in [2.75, 3.05) is 13.1 Å². The van der Waals surface area contributed by atoms with Crippen molar-refractivity contribution in [2.24, 2.45) is 5.92 Å². The maximum atomic E-state index is 12.5. The van der Waals surface area contributed by atoms with E-state index in [1.165, 1.54) is 0 Å². The van der Waals surface area contributed by atoms with E-state index in [1.807, 2.05) is 71.8 Å². The molecule has 1 fully saturated rings. The lowest BCUT2D eigenvalue weighted by molar-refractivity contribution is -0.127. The van der Waals surface area contributed by atoms with E-state index in [9.17, 15) is 9.90 Å². The lowest BCUT2D eigenvalue weighted by Gasteiger charge is -2.33. The van der Waals surface area contributed by atoms with Gasteiger partial charge in [0.1, 0.15) is 0 Å². The van der Waals surface area contributed by atoms with Crippen LogP contribution in [0, 0.1) is 5.92 Å². The molecular formula is C24H25N3O2. The van der Waals surface area contributed by atoms with Crippen LogP contribution < -0.4 is 0 Å². The van der Waals surface area contributed by atoms with Crippen LogP contribution in [-0.4, -0.2) is 38.8 Å². The molecule has 1 unspecified atom stereocenters. The molecule has 5 nitrogen and oxygen atoms in total. The van der Waals surface area contributed by atoms with Gasteiger partial charge in [-0.15, -0.1) is 0 Å². The van der Waals surface area contributed by atoms with Gasteiger partial charge in [0.15, 0.2) is 0 Å². The SMILES string of the molecule is O=C(C=Cc1cnn(-c2ccccc2)c1)N1CCC(C(O)c2ccccc2)CC1. The summed E-state index contributed by atoms with van der Waals surface area (Å²) in [5, 5.41) is 14.9. The van der Waals surface area contributed by atoms with Crippen molar-refractivity contribution in [1.29, 1.82) is 0 Å². The van der Waals surface area contributed by atoms with Gasteiger partial charge < -0.3 is 10.0 Å². The van der Waals surface area contributed by atoms with Gasteiger partial charge in [-0.1, -0.05) is 48.5 Å². The van der Waals surface area contributed by atoms with Crippen LogP contribution in [0.2, 0.25) is 0 Å². The Labute approximate surface area is 170 Å². The Bertz CT molecular complexity index is 958. The van der Waals surface area contributed by atoms with E-state index in [1.54, 1.807) is 23.0 Å². The molecule has 1 aromatic heterocycles. The molecule has 2 aromatic carbocycles. The Balaban J connectivity index is 1.32. The van der Waals surface area contributed by atoms with Gasteiger partial charge >= 0.3 is 0 Å². The maximum Gasteiger partial charge on any atom is 0.246 e. The fraction of sp³-hybridized carbons (Fsp3) is 0.250. The number of carbonyl (C=O) groups excluding carboxylic acids is 1. The van der Waals surface area contributed by atoms with E-state index in [0.29, 0.717) is 13.1 Å². The Morgan fingerprint density at radius 1 is 1.03 bits per heavy atom. The third kappa shape index (κ3) is 4.63. The Kier molecular flexibility index (Phi) is 5.86. The largest absolute Gasteiger partial charge is 0.388 e. The predicted molar refractivity (Wildman–Crippen MR) is 113 cm³/mol. The molecule has 1 N–H and O–H groups in total. The van der Waals surface area contributed by atoms with Gasteiger partial charge in [0.2, 0.25) is 5.91 Å². The van der Waals surface area contributed by atoms with Crippen LogP contribution in [0.4, 0.5) is 0 Å². The fourth-order valence-corrected chi connectivity index (χ4v) is 3.78. The van der Waals surface area contributed by atoms with E-state index in [-0.39, 0.29) is 11.8 Å². The molecule has 148 valence electrons. The number of para-hydroxylation sites is 1. The highest BCUT2D eigenvalue weighted by molar-refractivity contribution is 5.91. The first kappa shape index (κ1) is 19.2. The van der Waals surface area contributed by atoms with Crippen molar-refractivity contribution >= 4 is 12.0 Å². The summed E-state index contributed by atoms with van der Waals surface area (Å²) in [4.78, 5) is 14.4. The summed E-state index contributed by atoms with van der Waals surface area (Å²) in [5.41, 5.74) is 2.82. The van der Waals surface area contributed by atoms with Crippen molar-refractivity contribution in [3.8, 4) is 5.69 Å². The summed E-state index contributed by atoms with van der Waals surface area (Å²) < 4.78 is 1.79. The zero-order chi connectivity index (χ0) is 20.1. The highest BCUT2D eigenvalue weighted by atomic mass is 16.3. The van der Waals surface area contributed by atoms with Crippen molar-refractivity contribution in [2.45, 2.75) is 18.9 Å². The standard InChI is InChI=1S/C24H25N3O2/c28-23(12-11-19-17-25-27(18-19)22-9-5-2-6-10-22)26-15-13-21(14-16-26)24(29)20-7-3-1-4-8-20/h1-12,17-18,21,24,29H,13-16H2. The summed E-state index contributed by atoms with van der Waals surface area (Å²) in [5.74, 6) is 0.194. The van der Waals surface area contributed by atoms with E-state index in [2.05, 4.69) is 5.10 Å². The molecular weight excluding hydrogens is 362 g/mol. The normalized spacial score (nSPS) is 16.2. The van der Waals surface area contributed by atoms with Crippen LogP contribution in [0.3, 0.4) is 0 Å². The number of aliphatic hydroxyl groups is 1. The first-order valence-electron chi connectivity index (χ1n) is 10.0. The zero-order valence-electron chi connectivity index (χ0n) is 16.3. The first-order valence-corrected chi connectivity index (χ1v) is 10.0. The van der Waals surface area contributed by atoms with Gasteiger partial charge in [-0.05, 0) is 42.5 Å². The highest BCUT2D eigenvalue weighted by Gasteiger charge is 2.27. The van der Waals surface area contributed by atoms with E-state index < -0.39 is 6.10 Å². The number of amides is 1. The molecule has 1 amide bonds. The number of hydrogen-bond donors (Lipinski definition) is 1. The van der Waals surface area contributed by atoms with Crippen molar-refractivity contribution < 1.29 is 9.90 Å². The van der Waals surface area contributed by atoms with Gasteiger partial charge in [-0.25, -0.2) is 4.68 Å². The summed E-state index contributed by atoms with van der Waals surface area (Å²) in [6.45, 7) is 1.34. The minimum atomic E-state index is -0.465. The maximum absolute atomic E-state index is 12.5. The lowest BCUT2D eigenvalue weighted by Crippen LogP contribution is -2.38. The fourth-order valence-electron chi connectivity index (χ4n) is 3.78. The predicted octanol–water partition coefficient (Wildman–Crippen LogP) is 3.86. The number of rotatable bonds is 5. The molecule has 0 spiro atoms. The zero-order valence-corrected chi connectivity index (χ0v) is 16.3. The Morgan fingerprint density at radius 3 is 2.38 bits per heavy atom. The van der Waals surface area contributed by atoms with Gasteiger partial charge in [0, 0.05) is 30.9 Å². The quantitative estimate of drug-likeness (QED) is 0.677. The number of carbonyl (C=O) groups is 1. The molecule has 5 heteroatoms. The van der Waals surface area contributed by atoms with Crippen LogP contribution in [0.15, 0.2) is 79.1 Å². The molecule has 1 atom stereocenters. The second-order valence-corrected chi connectivity index (χ2v) is 7.41. The smallest absolute Gasteiger partial charge is 0.246 e. The number of piperidine rings is 1. The van der Waals surface area contributed by atoms with Gasteiger partial charge in [0.05, 0.1) is 18.0 Å². The second-order valence-electron chi connectivity index (χ2n) is 7.41. The number of likely N-dealkylation sites (tertiary alicyclic amines) is 1. The number of hydrogen-bond acceptors (Lipinski definition) is 3.